The third-order valence-electron chi connectivity index (χ3n) is 4.06. The summed E-state index contributed by atoms with van der Waals surface area (Å²) in [7, 11) is 0. The molecule has 1 aliphatic rings. The van der Waals surface area contributed by atoms with Gasteiger partial charge in [0.25, 0.3) is 5.91 Å². The van der Waals surface area contributed by atoms with Gasteiger partial charge in [-0.1, -0.05) is 19.3 Å². The largest absolute Gasteiger partial charge is 0.394 e. The van der Waals surface area contributed by atoms with Crippen molar-refractivity contribution < 1.29 is 13.6 Å². The van der Waals surface area contributed by atoms with Crippen molar-refractivity contribution in [1.82, 2.24) is 5.32 Å². The third-order valence-corrected chi connectivity index (χ3v) is 4.06. The van der Waals surface area contributed by atoms with E-state index in [1.165, 1.54) is 19.3 Å². The first-order chi connectivity index (χ1) is 9.49. The first-order valence-corrected chi connectivity index (χ1v) is 7.04. The Morgan fingerprint density at radius 1 is 1.25 bits per heavy atom. The van der Waals surface area contributed by atoms with Gasteiger partial charge in [0.2, 0.25) is 0 Å². The molecule has 3 nitrogen and oxygen atoms in total. The van der Waals surface area contributed by atoms with Gasteiger partial charge < -0.3 is 11.1 Å². The second kappa shape index (κ2) is 6.20. The van der Waals surface area contributed by atoms with E-state index in [0.29, 0.717) is 5.92 Å². The standard InChI is InChI=1S/C15H20F2N2O/c1-9(10-5-3-2-4-6-10)19-15(20)11-7-12(16)14(18)13(17)8-11/h7-10H,2-6,18H2,1H3,(H,19,20). The summed E-state index contributed by atoms with van der Waals surface area (Å²) < 4.78 is 26.7. The highest BCUT2D eigenvalue weighted by Gasteiger charge is 2.22. The quantitative estimate of drug-likeness (QED) is 0.836. The van der Waals surface area contributed by atoms with E-state index in [1.54, 1.807) is 0 Å². The summed E-state index contributed by atoms with van der Waals surface area (Å²) in [5.74, 6) is -1.82. The number of amides is 1. The predicted molar refractivity (Wildman–Crippen MR) is 74.3 cm³/mol. The lowest BCUT2D eigenvalue weighted by molar-refractivity contribution is 0.0918. The normalized spacial score (nSPS) is 17.8. The molecule has 0 aromatic heterocycles. The van der Waals surface area contributed by atoms with Gasteiger partial charge in [0.15, 0.2) is 0 Å². The van der Waals surface area contributed by atoms with Gasteiger partial charge in [-0.15, -0.1) is 0 Å². The molecule has 1 aliphatic carbocycles. The minimum atomic E-state index is -0.902. The van der Waals surface area contributed by atoms with Gasteiger partial charge in [-0.05, 0) is 37.8 Å². The van der Waals surface area contributed by atoms with Gasteiger partial charge in [-0.25, -0.2) is 8.78 Å². The molecule has 1 saturated carbocycles. The van der Waals surface area contributed by atoms with Crippen LogP contribution in [0.15, 0.2) is 12.1 Å². The molecule has 0 radical (unpaired) electrons. The molecule has 1 amide bonds. The van der Waals surface area contributed by atoms with E-state index in [-0.39, 0.29) is 11.6 Å². The van der Waals surface area contributed by atoms with Crippen LogP contribution in [0.25, 0.3) is 0 Å². The maximum atomic E-state index is 13.3. The van der Waals surface area contributed by atoms with Gasteiger partial charge in [-0.2, -0.15) is 0 Å². The van der Waals surface area contributed by atoms with E-state index in [4.69, 9.17) is 5.73 Å². The SMILES string of the molecule is CC(NC(=O)c1cc(F)c(N)c(F)c1)C1CCCCC1. The summed E-state index contributed by atoms with van der Waals surface area (Å²) >= 11 is 0. The van der Waals surface area contributed by atoms with Crippen molar-refractivity contribution in [2.24, 2.45) is 5.92 Å². The number of hydrogen-bond acceptors (Lipinski definition) is 2. The molecule has 1 atom stereocenters. The molecule has 1 unspecified atom stereocenters. The zero-order valence-electron chi connectivity index (χ0n) is 11.6. The van der Waals surface area contributed by atoms with E-state index >= 15 is 0 Å². The number of carbonyl (C=O) groups is 1. The fraction of sp³-hybridized carbons (Fsp3) is 0.533. The summed E-state index contributed by atoms with van der Waals surface area (Å²) in [6, 6.07) is 1.95. The second-order valence-corrected chi connectivity index (χ2v) is 5.51. The summed E-state index contributed by atoms with van der Waals surface area (Å²) in [5.41, 5.74) is 4.60. The lowest BCUT2D eigenvalue weighted by Crippen LogP contribution is -2.39. The van der Waals surface area contributed by atoms with Crippen molar-refractivity contribution in [2.75, 3.05) is 5.73 Å². The van der Waals surface area contributed by atoms with Crippen LogP contribution in [-0.2, 0) is 0 Å². The van der Waals surface area contributed by atoms with Crippen LogP contribution >= 0.6 is 0 Å². The molecule has 1 fully saturated rings. The molecule has 2 rings (SSSR count). The maximum Gasteiger partial charge on any atom is 0.251 e. The zero-order chi connectivity index (χ0) is 14.7. The Kier molecular flexibility index (Phi) is 4.57. The Morgan fingerprint density at radius 3 is 2.35 bits per heavy atom. The molecule has 0 aliphatic heterocycles. The third kappa shape index (κ3) is 3.26. The Labute approximate surface area is 117 Å². The molecular weight excluding hydrogens is 262 g/mol. The lowest BCUT2D eigenvalue weighted by Gasteiger charge is -2.28. The number of nitrogens with two attached hydrogens (primary N) is 1. The van der Waals surface area contributed by atoms with Crippen LogP contribution < -0.4 is 11.1 Å². The molecule has 0 saturated heterocycles. The zero-order valence-corrected chi connectivity index (χ0v) is 11.6. The van der Waals surface area contributed by atoms with Gasteiger partial charge in [0.1, 0.15) is 17.3 Å². The van der Waals surface area contributed by atoms with Crippen molar-refractivity contribution in [2.45, 2.75) is 45.1 Å². The Balaban J connectivity index is 2.04. The average Bonchev–Trinajstić information content (AvgIpc) is 2.45. The number of anilines is 1. The number of halogens is 2. The summed E-state index contributed by atoms with van der Waals surface area (Å²) in [5, 5.41) is 2.83. The van der Waals surface area contributed by atoms with Crippen molar-refractivity contribution in [1.29, 1.82) is 0 Å². The Bertz CT molecular complexity index is 476. The fourth-order valence-electron chi connectivity index (χ4n) is 2.76. The molecule has 1 aromatic carbocycles. The number of hydrogen-bond donors (Lipinski definition) is 2. The van der Waals surface area contributed by atoms with Gasteiger partial charge >= 0.3 is 0 Å². The first-order valence-electron chi connectivity index (χ1n) is 7.04. The van der Waals surface area contributed by atoms with Gasteiger partial charge in [0.05, 0.1) is 0 Å². The van der Waals surface area contributed by atoms with E-state index in [0.717, 1.165) is 25.0 Å². The predicted octanol–water partition coefficient (Wildman–Crippen LogP) is 3.25. The second-order valence-electron chi connectivity index (χ2n) is 5.51. The average molecular weight is 282 g/mol. The van der Waals surface area contributed by atoms with Crippen molar-refractivity contribution >= 4 is 11.6 Å². The van der Waals surface area contributed by atoms with Gasteiger partial charge in [-0.3, -0.25) is 4.79 Å². The molecule has 0 bridgehead atoms. The molecule has 1 aromatic rings. The maximum absolute atomic E-state index is 13.3. The monoisotopic (exact) mass is 282 g/mol. The molecule has 110 valence electrons. The molecule has 20 heavy (non-hydrogen) atoms. The van der Waals surface area contributed by atoms with E-state index in [9.17, 15) is 13.6 Å². The highest BCUT2D eigenvalue weighted by molar-refractivity contribution is 5.94. The summed E-state index contributed by atoms with van der Waals surface area (Å²) in [6.45, 7) is 1.94. The van der Waals surface area contributed by atoms with E-state index in [2.05, 4.69) is 5.32 Å². The van der Waals surface area contributed by atoms with Crippen LogP contribution in [0.3, 0.4) is 0 Å². The summed E-state index contributed by atoms with van der Waals surface area (Å²) in [6.07, 6.45) is 5.77. The fourth-order valence-corrected chi connectivity index (χ4v) is 2.76. The minimum Gasteiger partial charge on any atom is -0.394 e. The number of nitrogens with one attached hydrogen (secondary N) is 1. The number of rotatable bonds is 3. The smallest absolute Gasteiger partial charge is 0.251 e. The number of benzene rings is 1. The Morgan fingerprint density at radius 2 is 1.80 bits per heavy atom. The lowest BCUT2D eigenvalue weighted by atomic mass is 9.84. The van der Waals surface area contributed by atoms with Crippen LogP contribution in [0.1, 0.15) is 49.4 Å². The molecule has 5 heteroatoms. The summed E-state index contributed by atoms with van der Waals surface area (Å²) in [4.78, 5) is 12.0. The van der Waals surface area contributed by atoms with Crippen molar-refractivity contribution in [3.8, 4) is 0 Å². The van der Waals surface area contributed by atoms with Crippen molar-refractivity contribution in [3.05, 3.63) is 29.3 Å². The molecule has 3 N–H and O–H groups in total. The molecular formula is C15H20F2N2O. The van der Waals surface area contributed by atoms with Crippen LogP contribution in [0.5, 0.6) is 0 Å². The van der Waals surface area contributed by atoms with Crippen molar-refractivity contribution in [3.63, 3.8) is 0 Å². The minimum absolute atomic E-state index is 0.00600. The number of nitrogen functional groups attached to an aromatic ring is 1. The van der Waals surface area contributed by atoms with Crippen LogP contribution in [0, 0.1) is 17.6 Å². The van der Waals surface area contributed by atoms with E-state index in [1.807, 2.05) is 6.92 Å². The molecule has 0 heterocycles. The first kappa shape index (κ1) is 14.8. The van der Waals surface area contributed by atoms with E-state index < -0.39 is 23.2 Å². The topological polar surface area (TPSA) is 55.1 Å². The number of carbonyl (C=O) groups excluding carboxylic acids is 1. The van der Waals surface area contributed by atoms with Crippen LogP contribution in [0.4, 0.5) is 14.5 Å². The highest BCUT2D eigenvalue weighted by Crippen LogP contribution is 2.26. The Hall–Kier alpha value is -1.65. The highest BCUT2D eigenvalue weighted by atomic mass is 19.1. The van der Waals surface area contributed by atoms with Crippen LogP contribution in [0.2, 0.25) is 0 Å². The molecule has 0 spiro atoms. The van der Waals surface area contributed by atoms with Crippen LogP contribution in [-0.4, -0.2) is 11.9 Å². The van der Waals surface area contributed by atoms with Gasteiger partial charge in [0, 0.05) is 11.6 Å².